The van der Waals surface area contributed by atoms with Gasteiger partial charge in [0.05, 0.1) is 23.8 Å². The lowest BCUT2D eigenvalue weighted by atomic mass is 9.94. The van der Waals surface area contributed by atoms with E-state index in [1.807, 2.05) is 12.1 Å². The van der Waals surface area contributed by atoms with E-state index in [4.69, 9.17) is 4.74 Å². The normalized spacial score (nSPS) is 12.5. The van der Waals surface area contributed by atoms with Crippen LogP contribution in [0.25, 0.3) is 39.1 Å². The molecular formula is C27H19NO. The molecule has 0 saturated heterocycles. The minimum atomic E-state index is 0.871. The molecule has 0 aliphatic carbocycles. The molecule has 4 aromatic carbocycles. The van der Waals surface area contributed by atoms with Gasteiger partial charge in [-0.25, -0.2) is 0 Å². The number of hydrogen-bond acceptors (Lipinski definition) is 1. The zero-order valence-electron chi connectivity index (χ0n) is 16.1. The van der Waals surface area contributed by atoms with Gasteiger partial charge in [-0.3, -0.25) is 0 Å². The molecule has 1 aliphatic rings. The van der Waals surface area contributed by atoms with Gasteiger partial charge in [0.15, 0.2) is 0 Å². The summed E-state index contributed by atoms with van der Waals surface area (Å²) in [4.78, 5) is 0. The predicted octanol–water partition coefficient (Wildman–Crippen LogP) is 6.69. The van der Waals surface area contributed by atoms with Crippen LogP contribution in [0.15, 0.2) is 91.0 Å². The van der Waals surface area contributed by atoms with E-state index < -0.39 is 0 Å². The molecule has 0 fully saturated rings. The summed E-state index contributed by atoms with van der Waals surface area (Å²) < 4.78 is 7.79. The Bertz CT molecular complexity index is 1420. The zero-order chi connectivity index (χ0) is 19.4. The van der Waals surface area contributed by atoms with Crippen LogP contribution in [0.4, 0.5) is 0 Å². The van der Waals surface area contributed by atoms with Crippen molar-refractivity contribution in [3.05, 3.63) is 108 Å². The molecule has 0 saturated carbocycles. The molecule has 0 atom stereocenters. The van der Waals surface area contributed by atoms with Crippen LogP contribution in [0.3, 0.4) is 0 Å². The highest BCUT2D eigenvalue weighted by Crippen LogP contribution is 2.42. The van der Waals surface area contributed by atoms with Crippen molar-refractivity contribution in [2.45, 2.75) is 0 Å². The van der Waals surface area contributed by atoms with Crippen LogP contribution >= 0.6 is 0 Å². The van der Waals surface area contributed by atoms with Gasteiger partial charge in [-0.15, -0.1) is 0 Å². The van der Waals surface area contributed by atoms with Crippen LogP contribution in [-0.2, 0) is 0 Å². The van der Waals surface area contributed by atoms with Crippen molar-refractivity contribution in [1.82, 2.24) is 4.57 Å². The summed E-state index contributed by atoms with van der Waals surface area (Å²) in [6.45, 7) is 0. The Labute approximate surface area is 169 Å². The molecule has 1 aliphatic heterocycles. The van der Waals surface area contributed by atoms with Crippen LogP contribution in [0.1, 0.15) is 16.7 Å². The highest BCUT2D eigenvalue weighted by molar-refractivity contribution is 6.15. The van der Waals surface area contributed by atoms with E-state index >= 15 is 0 Å². The maximum atomic E-state index is 5.37. The fourth-order valence-corrected chi connectivity index (χ4v) is 4.54. The van der Waals surface area contributed by atoms with Crippen LogP contribution in [-0.4, -0.2) is 11.7 Å². The average Bonchev–Trinajstić information content (AvgIpc) is 3.04. The fourth-order valence-electron chi connectivity index (χ4n) is 4.54. The standard InChI is InChI=1S/C27H19NO/c1-29-20-15-13-18(14-16-20)24-17-19-7-2-4-11-25(19)28-26-12-5-3-8-21(26)22-9-6-10-23(24)27(22)28/h2-17H,1H3. The van der Waals surface area contributed by atoms with E-state index in [2.05, 4.69) is 89.5 Å². The van der Waals surface area contributed by atoms with Crippen molar-refractivity contribution in [2.24, 2.45) is 0 Å². The van der Waals surface area contributed by atoms with Crippen molar-refractivity contribution in [1.29, 1.82) is 0 Å². The number of fused-ring (bicyclic) bond motifs is 5. The summed E-state index contributed by atoms with van der Waals surface area (Å²) in [7, 11) is 1.70. The number of rotatable bonds is 2. The Kier molecular flexibility index (Phi) is 3.41. The van der Waals surface area contributed by atoms with Gasteiger partial charge in [0.1, 0.15) is 5.75 Å². The van der Waals surface area contributed by atoms with Gasteiger partial charge >= 0.3 is 0 Å². The average molecular weight is 373 g/mol. The minimum absolute atomic E-state index is 0.871. The van der Waals surface area contributed by atoms with Gasteiger partial charge in [0.2, 0.25) is 0 Å². The molecule has 2 nitrogen and oxygen atoms in total. The molecule has 0 N–H and O–H groups in total. The van der Waals surface area contributed by atoms with Gasteiger partial charge in [-0.2, -0.15) is 0 Å². The molecule has 0 bridgehead atoms. The minimum Gasteiger partial charge on any atom is -0.497 e. The van der Waals surface area contributed by atoms with Gasteiger partial charge < -0.3 is 9.30 Å². The molecule has 138 valence electrons. The number of benzene rings is 4. The first-order chi connectivity index (χ1) is 14.3. The SMILES string of the molecule is COc1ccc(C2=Cc3ccccc3-n3c4ccccc4c4cccc2c43)cc1. The Morgan fingerprint density at radius 3 is 2.31 bits per heavy atom. The third kappa shape index (κ3) is 2.29. The highest BCUT2D eigenvalue weighted by Gasteiger charge is 2.21. The molecule has 6 rings (SSSR count). The second-order valence-electron chi connectivity index (χ2n) is 7.40. The van der Waals surface area contributed by atoms with Crippen molar-refractivity contribution in [3.63, 3.8) is 0 Å². The third-order valence-electron chi connectivity index (χ3n) is 5.86. The van der Waals surface area contributed by atoms with Crippen LogP contribution in [0, 0.1) is 0 Å². The number of methoxy groups -OCH3 is 1. The Balaban J connectivity index is 1.78. The van der Waals surface area contributed by atoms with Gasteiger partial charge in [0, 0.05) is 16.3 Å². The molecule has 29 heavy (non-hydrogen) atoms. The molecule has 2 heterocycles. The largest absolute Gasteiger partial charge is 0.497 e. The molecule has 5 aromatic rings. The third-order valence-corrected chi connectivity index (χ3v) is 5.86. The summed E-state index contributed by atoms with van der Waals surface area (Å²) in [6.07, 6.45) is 2.31. The van der Waals surface area contributed by atoms with E-state index in [9.17, 15) is 0 Å². The lowest BCUT2D eigenvalue weighted by Gasteiger charge is -2.11. The summed E-state index contributed by atoms with van der Waals surface area (Å²) in [5, 5.41) is 2.57. The van der Waals surface area contributed by atoms with E-state index in [-0.39, 0.29) is 0 Å². The Hall–Kier alpha value is -3.78. The monoisotopic (exact) mass is 373 g/mol. The number of ether oxygens (including phenoxy) is 1. The van der Waals surface area contributed by atoms with Gasteiger partial charge in [-0.1, -0.05) is 66.7 Å². The predicted molar refractivity (Wildman–Crippen MR) is 121 cm³/mol. The lowest BCUT2D eigenvalue weighted by molar-refractivity contribution is 0.415. The molecule has 0 spiro atoms. The molecule has 2 heteroatoms. The van der Waals surface area contributed by atoms with Crippen LogP contribution in [0.2, 0.25) is 0 Å². The number of nitrogens with zero attached hydrogens (tertiary/aromatic N) is 1. The summed E-state index contributed by atoms with van der Waals surface area (Å²) >= 11 is 0. The van der Waals surface area contributed by atoms with E-state index in [0.717, 1.165) is 5.75 Å². The lowest BCUT2D eigenvalue weighted by Crippen LogP contribution is -1.96. The zero-order valence-corrected chi connectivity index (χ0v) is 16.1. The molecule has 0 amide bonds. The summed E-state index contributed by atoms with van der Waals surface area (Å²) in [5.74, 6) is 0.871. The first-order valence-corrected chi connectivity index (χ1v) is 9.83. The molecule has 0 radical (unpaired) electrons. The number of para-hydroxylation sites is 3. The smallest absolute Gasteiger partial charge is 0.118 e. The summed E-state index contributed by atoms with van der Waals surface area (Å²) in [6, 6.07) is 32.3. The van der Waals surface area contributed by atoms with Crippen LogP contribution < -0.4 is 4.74 Å². The molecule has 1 aromatic heterocycles. The summed E-state index contributed by atoms with van der Waals surface area (Å²) in [5.41, 5.74) is 8.61. The molecular weight excluding hydrogens is 354 g/mol. The van der Waals surface area contributed by atoms with Crippen LogP contribution in [0.5, 0.6) is 5.75 Å². The van der Waals surface area contributed by atoms with Crippen molar-refractivity contribution >= 4 is 33.5 Å². The van der Waals surface area contributed by atoms with E-state index in [0.29, 0.717) is 0 Å². The maximum Gasteiger partial charge on any atom is 0.118 e. The Morgan fingerprint density at radius 1 is 0.690 bits per heavy atom. The van der Waals surface area contributed by atoms with Crippen molar-refractivity contribution < 1.29 is 4.74 Å². The van der Waals surface area contributed by atoms with Crippen molar-refractivity contribution in [3.8, 4) is 11.4 Å². The van der Waals surface area contributed by atoms with E-state index in [1.54, 1.807) is 7.11 Å². The Morgan fingerprint density at radius 2 is 1.45 bits per heavy atom. The van der Waals surface area contributed by atoms with Gasteiger partial charge in [-0.05, 0) is 47.0 Å². The van der Waals surface area contributed by atoms with E-state index in [1.165, 1.54) is 49.8 Å². The first kappa shape index (κ1) is 16.2. The maximum absolute atomic E-state index is 5.37. The van der Waals surface area contributed by atoms with Gasteiger partial charge in [0.25, 0.3) is 0 Å². The first-order valence-electron chi connectivity index (χ1n) is 9.83. The number of hydrogen-bond donors (Lipinski definition) is 0. The second kappa shape index (κ2) is 6.11. The quantitative estimate of drug-likeness (QED) is 0.330. The topological polar surface area (TPSA) is 14.2 Å². The molecule has 0 unspecified atom stereocenters. The second-order valence-corrected chi connectivity index (χ2v) is 7.40. The highest BCUT2D eigenvalue weighted by atomic mass is 16.5. The number of aromatic nitrogens is 1. The fraction of sp³-hybridized carbons (Fsp3) is 0.0370. The van der Waals surface area contributed by atoms with Crippen molar-refractivity contribution in [2.75, 3.05) is 7.11 Å².